The van der Waals surface area contributed by atoms with E-state index in [9.17, 15) is 4.79 Å². The van der Waals surface area contributed by atoms with Gasteiger partial charge in [-0.1, -0.05) is 20.3 Å². The summed E-state index contributed by atoms with van der Waals surface area (Å²) in [5.41, 5.74) is 0. The van der Waals surface area contributed by atoms with Crippen molar-refractivity contribution in [2.24, 2.45) is 0 Å². The van der Waals surface area contributed by atoms with Gasteiger partial charge in [0.15, 0.2) is 0 Å². The maximum Gasteiger partial charge on any atom is 0.325 e. The summed E-state index contributed by atoms with van der Waals surface area (Å²) in [5.74, 6) is -0.293. The standard InChI is InChI=1S/C12H25NO4/c1-4-6-7-16-8-9-17-10-11(13-5-2)12(14)15-3/h11,13H,4-10H2,1-3H3. The summed E-state index contributed by atoms with van der Waals surface area (Å²) in [6, 6.07) is -0.388. The molecule has 0 aromatic carbocycles. The van der Waals surface area contributed by atoms with Crippen molar-refractivity contribution >= 4 is 5.97 Å². The minimum absolute atomic E-state index is 0.293. The fraction of sp³-hybridized carbons (Fsp3) is 0.917. The van der Waals surface area contributed by atoms with Crippen LogP contribution in [0.3, 0.4) is 0 Å². The normalized spacial score (nSPS) is 12.4. The van der Waals surface area contributed by atoms with Crippen molar-refractivity contribution in [3.63, 3.8) is 0 Å². The molecule has 1 N–H and O–H groups in total. The Bertz CT molecular complexity index is 187. The average Bonchev–Trinajstić information content (AvgIpc) is 2.35. The van der Waals surface area contributed by atoms with E-state index < -0.39 is 0 Å². The lowest BCUT2D eigenvalue weighted by molar-refractivity contribution is -0.145. The summed E-state index contributed by atoms with van der Waals surface area (Å²) < 4.78 is 15.4. The Morgan fingerprint density at radius 3 is 2.47 bits per heavy atom. The number of methoxy groups -OCH3 is 1. The summed E-state index contributed by atoms with van der Waals surface area (Å²) in [4.78, 5) is 11.3. The van der Waals surface area contributed by atoms with Gasteiger partial charge in [-0.2, -0.15) is 0 Å². The quantitative estimate of drug-likeness (QED) is 0.435. The number of carbonyl (C=O) groups excluding carboxylic acids is 1. The van der Waals surface area contributed by atoms with Gasteiger partial charge in [0, 0.05) is 6.61 Å². The lowest BCUT2D eigenvalue weighted by Crippen LogP contribution is -2.41. The second-order valence-corrected chi connectivity index (χ2v) is 3.67. The number of esters is 1. The van der Waals surface area contributed by atoms with Gasteiger partial charge in [-0.05, 0) is 13.0 Å². The van der Waals surface area contributed by atoms with Gasteiger partial charge in [0.25, 0.3) is 0 Å². The molecule has 0 aliphatic heterocycles. The van der Waals surface area contributed by atoms with E-state index in [2.05, 4.69) is 17.0 Å². The highest BCUT2D eigenvalue weighted by Gasteiger charge is 2.17. The summed E-state index contributed by atoms with van der Waals surface area (Å²) >= 11 is 0. The Labute approximate surface area is 104 Å². The Morgan fingerprint density at radius 2 is 1.88 bits per heavy atom. The van der Waals surface area contributed by atoms with Crippen LogP contribution in [0.2, 0.25) is 0 Å². The average molecular weight is 247 g/mol. The van der Waals surface area contributed by atoms with Gasteiger partial charge in [0.1, 0.15) is 6.04 Å². The Kier molecular flexibility index (Phi) is 11.4. The van der Waals surface area contributed by atoms with E-state index in [0.29, 0.717) is 26.4 Å². The van der Waals surface area contributed by atoms with Gasteiger partial charge in [-0.15, -0.1) is 0 Å². The molecular formula is C12H25NO4. The van der Waals surface area contributed by atoms with E-state index in [4.69, 9.17) is 9.47 Å². The zero-order chi connectivity index (χ0) is 12.9. The minimum atomic E-state index is -0.388. The van der Waals surface area contributed by atoms with Crippen LogP contribution >= 0.6 is 0 Å². The molecule has 1 unspecified atom stereocenters. The lowest BCUT2D eigenvalue weighted by Gasteiger charge is -2.15. The number of hydrogen-bond donors (Lipinski definition) is 1. The third-order valence-electron chi connectivity index (χ3n) is 2.23. The van der Waals surface area contributed by atoms with Crippen LogP contribution < -0.4 is 5.32 Å². The molecule has 0 fully saturated rings. The van der Waals surface area contributed by atoms with Gasteiger partial charge in [-0.3, -0.25) is 4.79 Å². The SMILES string of the molecule is CCCCOCCOCC(NCC)C(=O)OC. The molecule has 0 saturated heterocycles. The zero-order valence-corrected chi connectivity index (χ0v) is 11.2. The van der Waals surface area contributed by atoms with Crippen molar-refractivity contribution in [3.8, 4) is 0 Å². The maximum absolute atomic E-state index is 11.3. The summed E-state index contributed by atoms with van der Waals surface area (Å²) in [5, 5.41) is 3.00. The minimum Gasteiger partial charge on any atom is -0.468 e. The predicted molar refractivity (Wildman–Crippen MR) is 66.0 cm³/mol. The first kappa shape index (κ1) is 16.4. The number of nitrogens with one attached hydrogen (secondary N) is 1. The van der Waals surface area contributed by atoms with Crippen LogP contribution in [0.5, 0.6) is 0 Å². The Balaban J connectivity index is 3.51. The first-order valence-electron chi connectivity index (χ1n) is 6.22. The smallest absolute Gasteiger partial charge is 0.325 e. The molecule has 17 heavy (non-hydrogen) atoms. The van der Waals surface area contributed by atoms with Crippen molar-refractivity contribution < 1.29 is 19.0 Å². The molecule has 0 aliphatic rings. The molecule has 0 aromatic heterocycles. The molecule has 0 saturated carbocycles. The van der Waals surface area contributed by atoms with E-state index in [-0.39, 0.29) is 12.0 Å². The van der Waals surface area contributed by atoms with Gasteiger partial charge >= 0.3 is 5.97 Å². The molecule has 0 rings (SSSR count). The maximum atomic E-state index is 11.3. The van der Waals surface area contributed by atoms with E-state index in [1.54, 1.807) is 0 Å². The zero-order valence-electron chi connectivity index (χ0n) is 11.2. The van der Waals surface area contributed by atoms with Crippen molar-refractivity contribution in [3.05, 3.63) is 0 Å². The van der Waals surface area contributed by atoms with Crippen LogP contribution in [0.4, 0.5) is 0 Å². The van der Waals surface area contributed by atoms with Crippen LogP contribution in [0.25, 0.3) is 0 Å². The highest BCUT2D eigenvalue weighted by molar-refractivity contribution is 5.75. The van der Waals surface area contributed by atoms with E-state index in [1.807, 2.05) is 6.92 Å². The number of ether oxygens (including phenoxy) is 3. The molecule has 0 aromatic rings. The Hall–Kier alpha value is -0.650. The highest BCUT2D eigenvalue weighted by Crippen LogP contribution is 1.92. The number of carbonyl (C=O) groups is 1. The molecule has 0 amide bonds. The number of likely N-dealkylation sites (N-methyl/N-ethyl adjacent to an activating group) is 1. The van der Waals surface area contributed by atoms with Crippen molar-refractivity contribution in [1.29, 1.82) is 0 Å². The number of rotatable bonds is 11. The van der Waals surface area contributed by atoms with E-state index in [1.165, 1.54) is 7.11 Å². The van der Waals surface area contributed by atoms with Crippen LogP contribution in [0.15, 0.2) is 0 Å². The molecule has 0 bridgehead atoms. The molecule has 5 nitrogen and oxygen atoms in total. The first-order valence-corrected chi connectivity index (χ1v) is 6.22. The molecule has 102 valence electrons. The van der Waals surface area contributed by atoms with Crippen LogP contribution in [0.1, 0.15) is 26.7 Å². The van der Waals surface area contributed by atoms with Crippen LogP contribution in [-0.4, -0.2) is 52.1 Å². The fourth-order valence-corrected chi connectivity index (χ4v) is 1.27. The highest BCUT2D eigenvalue weighted by atomic mass is 16.5. The van der Waals surface area contributed by atoms with E-state index >= 15 is 0 Å². The molecular weight excluding hydrogens is 222 g/mol. The lowest BCUT2D eigenvalue weighted by atomic mass is 10.3. The van der Waals surface area contributed by atoms with Crippen LogP contribution in [-0.2, 0) is 19.0 Å². The molecule has 0 radical (unpaired) electrons. The molecule has 0 aliphatic carbocycles. The molecule has 1 atom stereocenters. The second-order valence-electron chi connectivity index (χ2n) is 3.67. The predicted octanol–water partition coefficient (Wildman–Crippen LogP) is 0.971. The van der Waals surface area contributed by atoms with Gasteiger partial charge in [-0.25, -0.2) is 0 Å². The van der Waals surface area contributed by atoms with Crippen LogP contribution in [0, 0.1) is 0 Å². The van der Waals surface area contributed by atoms with Gasteiger partial charge < -0.3 is 19.5 Å². The van der Waals surface area contributed by atoms with Crippen molar-refractivity contribution in [1.82, 2.24) is 5.32 Å². The topological polar surface area (TPSA) is 56.8 Å². The Morgan fingerprint density at radius 1 is 1.18 bits per heavy atom. The van der Waals surface area contributed by atoms with Gasteiger partial charge in [0.05, 0.1) is 26.9 Å². The monoisotopic (exact) mass is 247 g/mol. The second kappa shape index (κ2) is 11.8. The molecule has 5 heteroatoms. The fourth-order valence-electron chi connectivity index (χ4n) is 1.27. The molecule has 0 heterocycles. The summed E-state index contributed by atoms with van der Waals surface area (Å²) in [7, 11) is 1.38. The summed E-state index contributed by atoms with van der Waals surface area (Å²) in [6.45, 7) is 6.92. The number of hydrogen-bond acceptors (Lipinski definition) is 5. The molecule has 0 spiro atoms. The third kappa shape index (κ3) is 9.09. The first-order chi connectivity index (χ1) is 8.26. The van der Waals surface area contributed by atoms with Crippen molar-refractivity contribution in [2.45, 2.75) is 32.7 Å². The van der Waals surface area contributed by atoms with Gasteiger partial charge in [0.2, 0.25) is 0 Å². The van der Waals surface area contributed by atoms with E-state index in [0.717, 1.165) is 19.4 Å². The van der Waals surface area contributed by atoms with Crippen molar-refractivity contribution in [2.75, 3.05) is 40.1 Å². The summed E-state index contributed by atoms with van der Waals surface area (Å²) in [6.07, 6.45) is 2.20. The largest absolute Gasteiger partial charge is 0.468 e. The number of unbranched alkanes of at least 4 members (excludes halogenated alkanes) is 1. The third-order valence-corrected chi connectivity index (χ3v) is 2.23.